The Labute approximate surface area is 109 Å². The van der Waals surface area contributed by atoms with Gasteiger partial charge >= 0.3 is 12.1 Å². The number of piperidine rings is 1. The zero-order chi connectivity index (χ0) is 13.9. The van der Waals surface area contributed by atoms with Gasteiger partial charge in [-0.25, -0.2) is 0 Å². The van der Waals surface area contributed by atoms with Crippen LogP contribution in [0, 0.1) is 0 Å². The maximum atomic E-state index is 12.7. The highest BCUT2D eigenvalue weighted by molar-refractivity contribution is 5.97. The van der Waals surface area contributed by atoms with Crippen molar-refractivity contribution < 1.29 is 18.0 Å². The topological polar surface area (TPSA) is 32.3 Å². The second-order valence-corrected chi connectivity index (χ2v) is 4.49. The molecule has 0 unspecified atom stereocenters. The second-order valence-electron chi connectivity index (χ2n) is 4.49. The number of alkyl halides is 3. The summed E-state index contributed by atoms with van der Waals surface area (Å²) in [6.07, 6.45) is -3.80. The van der Waals surface area contributed by atoms with E-state index >= 15 is 0 Å². The minimum absolute atomic E-state index is 0.303. The van der Waals surface area contributed by atoms with E-state index in [1.165, 1.54) is 12.1 Å². The van der Waals surface area contributed by atoms with E-state index in [1.807, 2.05) is 0 Å². The molecule has 0 radical (unpaired) electrons. The standard InChI is InChI=1S/C13H15F3N2O/c14-13(15,16)12(19)18(10-4-2-1-3-5-10)11-6-8-17-9-7-11/h1-5,11,17H,6-9H2. The SMILES string of the molecule is O=C(N(c1ccccc1)C1CCNCC1)C(F)(F)F. The van der Waals surface area contributed by atoms with Gasteiger partial charge in [0.05, 0.1) is 0 Å². The molecule has 3 nitrogen and oxygen atoms in total. The summed E-state index contributed by atoms with van der Waals surface area (Å²) in [6, 6.07) is 7.64. The van der Waals surface area contributed by atoms with E-state index in [-0.39, 0.29) is 0 Å². The van der Waals surface area contributed by atoms with Gasteiger partial charge in [-0.1, -0.05) is 18.2 Å². The van der Waals surface area contributed by atoms with Crippen LogP contribution in [0.3, 0.4) is 0 Å². The van der Waals surface area contributed by atoms with E-state index in [1.54, 1.807) is 18.2 Å². The van der Waals surface area contributed by atoms with E-state index in [0.717, 1.165) is 4.90 Å². The van der Waals surface area contributed by atoms with Gasteiger partial charge in [-0.3, -0.25) is 4.79 Å². The van der Waals surface area contributed by atoms with Crippen molar-refractivity contribution in [1.29, 1.82) is 0 Å². The van der Waals surface area contributed by atoms with Crippen molar-refractivity contribution in [2.45, 2.75) is 25.1 Å². The van der Waals surface area contributed by atoms with Crippen molar-refractivity contribution in [2.24, 2.45) is 0 Å². The Morgan fingerprint density at radius 3 is 2.26 bits per heavy atom. The van der Waals surface area contributed by atoms with Gasteiger partial charge in [0.2, 0.25) is 0 Å². The number of nitrogens with one attached hydrogen (secondary N) is 1. The van der Waals surface area contributed by atoms with E-state index < -0.39 is 18.1 Å². The number of hydrogen-bond donors (Lipinski definition) is 1. The van der Waals surface area contributed by atoms with Gasteiger partial charge in [-0.15, -0.1) is 0 Å². The second kappa shape index (κ2) is 5.61. The summed E-state index contributed by atoms with van der Waals surface area (Å²) < 4.78 is 38.2. The van der Waals surface area contributed by atoms with Crippen LogP contribution >= 0.6 is 0 Å². The molecule has 0 spiro atoms. The first-order valence-corrected chi connectivity index (χ1v) is 6.16. The third-order valence-corrected chi connectivity index (χ3v) is 3.17. The summed E-state index contributed by atoms with van der Waals surface area (Å²) in [5.41, 5.74) is 0.303. The van der Waals surface area contributed by atoms with Gasteiger partial charge in [0.15, 0.2) is 0 Å². The largest absolute Gasteiger partial charge is 0.471 e. The van der Waals surface area contributed by atoms with Gasteiger partial charge in [0.25, 0.3) is 0 Å². The molecule has 0 aliphatic carbocycles. The Morgan fingerprint density at radius 2 is 1.74 bits per heavy atom. The van der Waals surface area contributed by atoms with Gasteiger partial charge in [0, 0.05) is 11.7 Å². The molecule has 1 amide bonds. The molecule has 0 aromatic heterocycles. The van der Waals surface area contributed by atoms with Crippen LogP contribution in [-0.4, -0.2) is 31.2 Å². The number of amides is 1. The van der Waals surface area contributed by atoms with Gasteiger partial charge < -0.3 is 10.2 Å². The van der Waals surface area contributed by atoms with Crippen LogP contribution in [-0.2, 0) is 4.79 Å². The van der Waals surface area contributed by atoms with Crippen LogP contribution < -0.4 is 10.2 Å². The first-order chi connectivity index (χ1) is 9.00. The number of halogens is 3. The lowest BCUT2D eigenvalue weighted by Crippen LogP contribution is -2.51. The van der Waals surface area contributed by atoms with Crippen LogP contribution in [0.5, 0.6) is 0 Å². The smallest absolute Gasteiger partial charge is 0.317 e. The van der Waals surface area contributed by atoms with Crippen LogP contribution in [0.4, 0.5) is 18.9 Å². The van der Waals surface area contributed by atoms with E-state index in [0.29, 0.717) is 31.6 Å². The number of rotatable bonds is 2. The molecule has 1 N–H and O–H groups in total. The van der Waals surface area contributed by atoms with E-state index in [4.69, 9.17) is 0 Å². The van der Waals surface area contributed by atoms with Crippen LogP contribution in [0.25, 0.3) is 0 Å². The predicted octanol–water partition coefficient (Wildman–Crippen LogP) is 2.33. The highest BCUT2D eigenvalue weighted by Crippen LogP contribution is 2.28. The molecule has 104 valence electrons. The molecule has 19 heavy (non-hydrogen) atoms. The van der Waals surface area contributed by atoms with Crippen molar-refractivity contribution in [3.8, 4) is 0 Å². The first-order valence-electron chi connectivity index (χ1n) is 6.16. The first kappa shape index (κ1) is 13.9. The molecule has 2 rings (SSSR count). The number of anilines is 1. The lowest BCUT2D eigenvalue weighted by atomic mass is 10.0. The Balaban J connectivity index is 2.30. The fourth-order valence-corrected chi connectivity index (χ4v) is 2.28. The lowest BCUT2D eigenvalue weighted by Gasteiger charge is -2.35. The molecule has 1 saturated heterocycles. The molecule has 1 heterocycles. The maximum absolute atomic E-state index is 12.7. The summed E-state index contributed by atoms with van der Waals surface area (Å²) in [4.78, 5) is 12.5. The highest BCUT2D eigenvalue weighted by atomic mass is 19.4. The summed E-state index contributed by atoms with van der Waals surface area (Å²) in [5.74, 6) is -1.79. The number of carbonyl (C=O) groups excluding carboxylic acids is 1. The fraction of sp³-hybridized carbons (Fsp3) is 0.462. The molecule has 1 aliphatic rings. The van der Waals surface area contributed by atoms with Crippen molar-refractivity contribution >= 4 is 11.6 Å². The molecule has 1 aromatic carbocycles. The van der Waals surface area contributed by atoms with Gasteiger partial charge in [0.1, 0.15) is 0 Å². The quantitative estimate of drug-likeness (QED) is 0.896. The molecule has 1 aromatic rings. The Bertz CT molecular complexity index is 427. The minimum Gasteiger partial charge on any atom is -0.317 e. The number of nitrogens with zero attached hydrogens (tertiary/aromatic N) is 1. The number of hydrogen-bond acceptors (Lipinski definition) is 2. The Kier molecular flexibility index (Phi) is 4.09. The van der Waals surface area contributed by atoms with E-state index in [9.17, 15) is 18.0 Å². The zero-order valence-corrected chi connectivity index (χ0v) is 10.3. The minimum atomic E-state index is -4.85. The van der Waals surface area contributed by atoms with Crippen molar-refractivity contribution in [3.63, 3.8) is 0 Å². The molecule has 1 fully saturated rings. The van der Waals surface area contributed by atoms with Gasteiger partial charge in [-0.05, 0) is 38.1 Å². The molecule has 0 bridgehead atoms. The van der Waals surface area contributed by atoms with Crippen molar-refractivity contribution in [2.75, 3.05) is 18.0 Å². The summed E-state index contributed by atoms with van der Waals surface area (Å²) in [7, 11) is 0. The molecule has 1 aliphatic heterocycles. The normalized spacial score (nSPS) is 17.2. The molecule has 0 saturated carbocycles. The van der Waals surface area contributed by atoms with Crippen molar-refractivity contribution in [1.82, 2.24) is 5.32 Å². The fourth-order valence-electron chi connectivity index (χ4n) is 2.28. The highest BCUT2D eigenvalue weighted by Gasteiger charge is 2.45. The molecular formula is C13H15F3N2O. The molecule has 0 atom stereocenters. The van der Waals surface area contributed by atoms with Crippen LogP contribution in [0.15, 0.2) is 30.3 Å². The Hall–Kier alpha value is -1.56. The summed E-state index contributed by atoms with van der Waals surface area (Å²) in [5, 5.41) is 3.08. The molecule has 6 heteroatoms. The maximum Gasteiger partial charge on any atom is 0.471 e. The average Bonchev–Trinajstić information content (AvgIpc) is 2.40. The average molecular weight is 272 g/mol. The predicted molar refractivity (Wildman–Crippen MR) is 65.9 cm³/mol. The zero-order valence-electron chi connectivity index (χ0n) is 10.3. The number of para-hydroxylation sites is 1. The third-order valence-electron chi connectivity index (χ3n) is 3.17. The number of benzene rings is 1. The van der Waals surface area contributed by atoms with E-state index in [2.05, 4.69) is 5.32 Å². The summed E-state index contributed by atoms with van der Waals surface area (Å²) in [6.45, 7) is 1.25. The third kappa shape index (κ3) is 3.26. The Morgan fingerprint density at radius 1 is 1.16 bits per heavy atom. The van der Waals surface area contributed by atoms with Gasteiger partial charge in [-0.2, -0.15) is 13.2 Å². The van der Waals surface area contributed by atoms with Crippen molar-refractivity contribution in [3.05, 3.63) is 30.3 Å². The monoisotopic (exact) mass is 272 g/mol. The van der Waals surface area contributed by atoms with Crippen LogP contribution in [0.1, 0.15) is 12.8 Å². The molecular weight excluding hydrogens is 257 g/mol. The number of carbonyl (C=O) groups is 1. The van der Waals surface area contributed by atoms with Crippen LogP contribution in [0.2, 0.25) is 0 Å². The lowest BCUT2D eigenvalue weighted by molar-refractivity contribution is -0.171. The summed E-state index contributed by atoms with van der Waals surface area (Å²) >= 11 is 0.